The number of nitrogens with zero attached hydrogens (tertiary/aromatic N) is 6. The normalized spacial score (nSPS) is 18.5. The van der Waals surface area contributed by atoms with Crippen LogP contribution < -0.4 is 20.3 Å². The van der Waals surface area contributed by atoms with Gasteiger partial charge in [0.2, 0.25) is 23.6 Å². The fourth-order valence-electron chi connectivity index (χ4n) is 9.01. The SMILES string of the molecule is Cc1ccsc1-c1ccc([C@H](C)NC(=O)[C@@H]2C[C@@H](O)CN2C(=O)[C@@H](NC(=O)CCOCCOCCOCCC(=O)N2CCN(c3cc(-c4n[nH]c5ccc(OC6(C)CC6)cc45)ncn3)CC2)C(C)(C)C)cc1. The maximum atomic E-state index is 14.1. The van der Waals surface area contributed by atoms with Crippen LogP contribution in [0.2, 0.25) is 0 Å². The average Bonchev–Trinajstić information content (AvgIpc) is 3.65. The molecule has 5 heterocycles. The third-order valence-electron chi connectivity index (χ3n) is 13.6. The van der Waals surface area contributed by atoms with Crippen LogP contribution >= 0.6 is 11.3 Å². The minimum absolute atomic E-state index is 0.00913. The minimum atomic E-state index is -0.939. The lowest BCUT2D eigenvalue weighted by Gasteiger charge is -2.35. The van der Waals surface area contributed by atoms with Crippen molar-refractivity contribution in [1.82, 2.24) is 40.6 Å². The van der Waals surface area contributed by atoms with Crippen LogP contribution in [-0.4, -0.2) is 155 Å². The summed E-state index contributed by atoms with van der Waals surface area (Å²) in [5.74, 6) is 0.481. The Balaban J connectivity index is 0.682. The number of hydrogen-bond acceptors (Lipinski definition) is 14. The first kappa shape index (κ1) is 52.3. The van der Waals surface area contributed by atoms with Gasteiger partial charge < -0.3 is 49.4 Å². The van der Waals surface area contributed by atoms with E-state index < -0.39 is 29.5 Å². The minimum Gasteiger partial charge on any atom is -0.488 e. The molecule has 0 spiro atoms. The smallest absolute Gasteiger partial charge is 0.246 e. The number of aliphatic hydroxyl groups excluding tert-OH is 1. The summed E-state index contributed by atoms with van der Waals surface area (Å²) in [6, 6.07) is 15.9. The van der Waals surface area contributed by atoms with E-state index in [1.165, 1.54) is 15.3 Å². The van der Waals surface area contributed by atoms with Crippen molar-refractivity contribution in [2.75, 3.05) is 77.3 Å². The molecule has 1 saturated carbocycles. The van der Waals surface area contributed by atoms with Gasteiger partial charge in [-0.25, -0.2) is 9.97 Å². The Morgan fingerprint density at radius 2 is 1.58 bits per heavy atom. The second-order valence-electron chi connectivity index (χ2n) is 20.3. The van der Waals surface area contributed by atoms with Crippen LogP contribution in [0, 0.1) is 12.3 Å². The Morgan fingerprint density at radius 1 is 0.889 bits per heavy atom. The predicted octanol–water partition coefficient (Wildman–Crippen LogP) is 5.84. The van der Waals surface area contributed by atoms with E-state index in [9.17, 15) is 24.3 Å². The van der Waals surface area contributed by atoms with Crippen molar-refractivity contribution in [1.29, 1.82) is 0 Å². The third-order valence-corrected chi connectivity index (χ3v) is 14.6. The van der Waals surface area contributed by atoms with Gasteiger partial charge in [-0.15, -0.1) is 11.3 Å². The monoisotopic (exact) mass is 1010 g/mol. The number of amides is 4. The molecule has 19 heteroatoms. The molecule has 18 nitrogen and oxygen atoms in total. The van der Waals surface area contributed by atoms with Crippen molar-refractivity contribution in [2.24, 2.45) is 5.41 Å². The molecule has 2 saturated heterocycles. The van der Waals surface area contributed by atoms with E-state index in [1.54, 1.807) is 17.7 Å². The first-order valence-corrected chi connectivity index (χ1v) is 25.9. The van der Waals surface area contributed by atoms with E-state index in [0.29, 0.717) is 51.7 Å². The molecule has 0 unspecified atom stereocenters. The Bertz CT molecular complexity index is 2660. The van der Waals surface area contributed by atoms with Crippen LogP contribution in [0.5, 0.6) is 5.75 Å². The Hall–Kier alpha value is -5.99. The third kappa shape index (κ3) is 13.3. The summed E-state index contributed by atoms with van der Waals surface area (Å²) in [5.41, 5.74) is 4.82. The molecule has 72 heavy (non-hydrogen) atoms. The summed E-state index contributed by atoms with van der Waals surface area (Å²) >= 11 is 1.68. The summed E-state index contributed by atoms with van der Waals surface area (Å²) < 4.78 is 23.1. The molecule has 1 aliphatic carbocycles. The number of thiophene rings is 1. The number of carbonyl (C=O) groups excluding carboxylic acids is 4. The van der Waals surface area contributed by atoms with Gasteiger partial charge in [0.05, 0.1) is 69.4 Å². The number of ether oxygens (including phenoxy) is 4. The number of anilines is 1. The standard InChI is InChI=1S/C53H69N9O9S/c1-34-15-28-72-48(34)37-9-7-36(8-10-37)35(2)56-50(66)43-29-38(63)32-62(43)51(67)49(52(3,4)5)57-45(64)13-22-68-24-26-70-27-25-69-23-14-46(65)61-20-18-60(19-21-61)44-31-42(54-33-55-44)47-40-30-39(71-53(6)16-17-53)11-12-41(40)58-59-47/h7-12,15,28,30-31,33,35,38,43,49,63H,13-14,16-27,29,32H2,1-6H3,(H,56,66)(H,57,64)(H,58,59)/t35-,38+,43-,49+/m0/s1. The first-order chi connectivity index (χ1) is 34.5. The Labute approximate surface area is 425 Å². The number of H-pyrrole nitrogens is 1. The molecule has 4 atom stereocenters. The number of benzene rings is 2. The lowest BCUT2D eigenvalue weighted by molar-refractivity contribution is -0.144. The molecule has 3 aliphatic rings. The molecule has 386 valence electrons. The van der Waals surface area contributed by atoms with Gasteiger partial charge in [-0.05, 0) is 85.4 Å². The van der Waals surface area contributed by atoms with E-state index >= 15 is 0 Å². The zero-order valence-corrected chi connectivity index (χ0v) is 43.1. The van der Waals surface area contributed by atoms with Crippen molar-refractivity contribution in [3.63, 3.8) is 0 Å². The van der Waals surface area contributed by atoms with Crippen LogP contribution in [0.3, 0.4) is 0 Å². The van der Waals surface area contributed by atoms with Gasteiger partial charge in [-0.1, -0.05) is 45.0 Å². The van der Waals surface area contributed by atoms with E-state index in [-0.39, 0.29) is 75.0 Å². The molecular formula is C53H69N9O9S. The van der Waals surface area contributed by atoms with Crippen LogP contribution in [0.15, 0.2) is 66.3 Å². The Kier molecular flexibility index (Phi) is 16.9. The number of aromatic nitrogens is 4. The van der Waals surface area contributed by atoms with Gasteiger partial charge in [-0.2, -0.15) is 5.10 Å². The summed E-state index contributed by atoms with van der Waals surface area (Å²) in [7, 11) is 0. The highest BCUT2D eigenvalue weighted by Gasteiger charge is 2.45. The number of carbonyl (C=O) groups is 4. The fourth-order valence-corrected chi connectivity index (χ4v) is 9.95. The van der Waals surface area contributed by atoms with Crippen LogP contribution in [0.25, 0.3) is 32.7 Å². The molecule has 0 bridgehead atoms. The van der Waals surface area contributed by atoms with E-state index in [1.807, 2.05) is 81.1 Å². The van der Waals surface area contributed by atoms with Gasteiger partial charge in [0.1, 0.15) is 41.3 Å². The zero-order valence-electron chi connectivity index (χ0n) is 42.3. The summed E-state index contributed by atoms with van der Waals surface area (Å²) in [6.07, 6.45) is 3.17. The number of piperazine rings is 1. The number of aliphatic hydroxyl groups is 1. The lowest BCUT2D eigenvalue weighted by Crippen LogP contribution is -2.58. The van der Waals surface area contributed by atoms with E-state index in [0.717, 1.165) is 52.1 Å². The maximum absolute atomic E-state index is 14.1. The molecule has 2 aliphatic heterocycles. The number of fused-ring (bicyclic) bond motifs is 1. The highest BCUT2D eigenvalue weighted by Crippen LogP contribution is 2.41. The average molecular weight is 1010 g/mol. The van der Waals surface area contributed by atoms with Crippen molar-refractivity contribution >= 4 is 51.7 Å². The molecule has 3 aromatic heterocycles. The number of aromatic amines is 1. The predicted molar refractivity (Wildman–Crippen MR) is 274 cm³/mol. The molecule has 0 radical (unpaired) electrons. The van der Waals surface area contributed by atoms with Crippen LogP contribution in [-0.2, 0) is 33.4 Å². The van der Waals surface area contributed by atoms with Crippen molar-refractivity contribution in [3.8, 4) is 27.6 Å². The zero-order chi connectivity index (χ0) is 51.0. The molecular weight excluding hydrogens is 939 g/mol. The lowest BCUT2D eigenvalue weighted by atomic mass is 9.85. The van der Waals surface area contributed by atoms with Gasteiger partial charge in [0, 0.05) is 61.9 Å². The van der Waals surface area contributed by atoms with Gasteiger partial charge >= 0.3 is 0 Å². The van der Waals surface area contributed by atoms with Gasteiger partial charge in [0.25, 0.3) is 0 Å². The number of likely N-dealkylation sites (tertiary alicyclic amines) is 1. The van der Waals surface area contributed by atoms with Gasteiger partial charge in [0.15, 0.2) is 0 Å². The van der Waals surface area contributed by atoms with Crippen molar-refractivity contribution in [2.45, 2.75) is 103 Å². The number of hydrogen-bond donors (Lipinski definition) is 4. The number of β-amino-alcohol motifs (C(OH)–C–C–N with tert-alkyl or cyclic N) is 1. The largest absolute Gasteiger partial charge is 0.488 e. The summed E-state index contributed by atoms with van der Waals surface area (Å²) in [5, 5.41) is 27.2. The van der Waals surface area contributed by atoms with Crippen molar-refractivity contribution < 1.29 is 43.2 Å². The first-order valence-electron chi connectivity index (χ1n) is 25.0. The highest BCUT2D eigenvalue weighted by molar-refractivity contribution is 7.13. The maximum Gasteiger partial charge on any atom is 0.246 e. The quantitative estimate of drug-likeness (QED) is 0.0602. The van der Waals surface area contributed by atoms with Crippen LogP contribution in [0.4, 0.5) is 5.82 Å². The molecule has 2 aromatic carbocycles. The molecule has 3 fully saturated rings. The summed E-state index contributed by atoms with van der Waals surface area (Å²) in [6.45, 7) is 15.6. The highest BCUT2D eigenvalue weighted by atomic mass is 32.1. The van der Waals surface area contributed by atoms with E-state index in [4.69, 9.17) is 18.9 Å². The number of nitrogens with one attached hydrogen (secondary N) is 3. The molecule has 4 N–H and O–H groups in total. The molecule has 8 rings (SSSR count). The fraction of sp³-hybridized carbons (Fsp3) is 0.528. The number of aryl methyl sites for hydroxylation is 1. The number of rotatable bonds is 22. The summed E-state index contributed by atoms with van der Waals surface area (Å²) in [4.78, 5) is 69.5. The van der Waals surface area contributed by atoms with Gasteiger partial charge in [-0.3, -0.25) is 24.3 Å². The van der Waals surface area contributed by atoms with Crippen LogP contribution in [0.1, 0.15) is 83.9 Å². The van der Waals surface area contributed by atoms with Crippen molar-refractivity contribution in [3.05, 3.63) is 77.4 Å². The Morgan fingerprint density at radius 3 is 2.25 bits per heavy atom. The topological polar surface area (TPSA) is 214 Å². The second-order valence-corrected chi connectivity index (χ2v) is 21.3. The molecule has 4 amide bonds. The second kappa shape index (κ2) is 23.3. The molecule has 5 aromatic rings. The van der Waals surface area contributed by atoms with E-state index in [2.05, 4.69) is 61.0 Å².